The van der Waals surface area contributed by atoms with Gasteiger partial charge in [-0.15, -0.1) is 12.1 Å². The zero-order chi connectivity index (χ0) is 44.5. The van der Waals surface area contributed by atoms with Gasteiger partial charge in [-0.05, 0) is 76.0 Å². The van der Waals surface area contributed by atoms with E-state index in [9.17, 15) is 5.11 Å². The van der Waals surface area contributed by atoms with Crippen LogP contribution in [0.3, 0.4) is 0 Å². The molecule has 2 nitrogen and oxygen atoms in total. The van der Waals surface area contributed by atoms with Crippen LogP contribution >= 0.6 is 0 Å². The van der Waals surface area contributed by atoms with E-state index in [1.807, 2.05) is 6.08 Å². The summed E-state index contributed by atoms with van der Waals surface area (Å²) in [6.45, 7) is 42.4. The molecule has 1 aliphatic heterocycles. The van der Waals surface area contributed by atoms with Gasteiger partial charge in [0.25, 0.3) is 0 Å². The SMILES string of the molecule is C.C.C=Cc1ccc(C(C)(C)C)cc1.CCC(C)CC(CC(O)CC)c1ccc(C(C)(C)C)cc1.CCC(C)C[CH-]c1ccc(C(C)(C)C)cc1.CCC1CO1.C[CH-]CC.[Li+].[Li+]. The summed E-state index contributed by atoms with van der Waals surface area (Å²) in [5.41, 5.74) is 8.79. The van der Waals surface area contributed by atoms with Gasteiger partial charge in [-0.2, -0.15) is 37.5 Å². The molecule has 3 aromatic carbocycles. The molecule has 62 heavy (non-hydrogen) atoms. The minimum Gasteiger partial charge on any atom is -0.393 e. The molecular formula is C58H100Li2O2. The predicted octanol–water partition coefficient (Wildman–Crippen LogP) is 12.0. The first-order chi connectivity index (χ1) is 27.1. The molecule has 1 saturated heterocycles. The van der Waals surface area contributed by atoms with Gasteiger partial charge in [0, 0.05) is 0 Å². The molecule has 5 unspecified atom stereocenters. The van der Waals surface area contributed by atoms with Gasteiger partial charge in [0.05, 0.1) is 18.8 Å². The van der Waals surface area contributed by atoms with Crippen molar-refractivity contribution >= 4 is 6.08 Å². The predicted molar refractivity (Wildman–Crippen MR) is 274 cm³/mol. The van der Waals surface area contributed by atoms with Crippen LogP contribution in [0.1, 0.15) is 223 Å². The molecule has 0 saturated carbocycles. The molecule has 5 atom stereocenters. The first kappa shape index (κ1) is 69.4. The van der Waals surface area contributed by atoms with Gasteiger partial charge in [-0.25, -0.2) is 0 Å². The maximum atomic E-state index is 10.1. The smallest absolute Gasteiger partial charge is 0.393 e. The fourth-order valence-electron chi connectivity index (χ4n) is 5.82. The van der Waals surface area contributed by atoms with Crippen molar-refractivity contribution in [2.75, 3.05) is 6.61 Å². The van der Waals surface area contributed by atoms with Crippen molar-refractivity contribution in [3.8, 4) is 0 Å². The number of hydrogen-bond donors (Lipinski definition) is 1. The van der Waals surface area contributed by atoms with Crippen LogP contribution in [-0.2, 0) is 21.0 Å². The number of aliphatic hydroxyl groups excluding tert-OH is 1. The zero-order valence-electron chi connectivity index (χ0n) is 43.0. The molecule has 3 aromatic rings. The Balaban J connectivity index is -0.000000235. The van der Waals surface area contributed by atoms with Crippen LogP contribution in [0.5, 0.6) is 0 Å². The molecule has 346 valence electrons. The Morgan fingerprint density at radius 2 is 1.05 bits per heavy atom. The normalized spacial score (nSPS) is 14.5. The number of rotatable bonds is 14. The van der Waals surface area contributed by atoms with E-state index < -0.39 is 0 Å². The van der Waals surface area contributed by atoms with Crippen LogP contribution < -0.4 is 37.7 Å². The van der Waals surface area contributed by atoms with E-state index in [-0.39, 0.29) is 74.9 Å². The molecule has 0 aromatic heterocycles. The number of ether oxygens (including phenoxy) is 1. The second-order valence-corrected chi connectivity index (χ2v) is 19.7. The average molecular weight is 843 g/mol. The van der Waals surface area contributed by atoms with Crippen molar-refractivity contribution in [3.05, 3.63) is 126 Å². The van der Waals surface area contributed by atoms with E-state index >= 15 is 0 Å². The molecule has 1 heterocycles. The van der Waals surface area contributed by atoms with Crippen molar-refractivity contribution in [2.24, 2.45) is 11.8 Å². The fourth-order valence-corrected chi connectivity index (χ4v) is 5.82. The zero-order valence-corrected chi connectivity index (χ0v) is 43.0. The quantitative estimate of drug-likeness (QED) is 0.0996. The van der Waals surface area contributed by atoms with E-state index in [0.29, 0.717) is 17.9 Å². The summed E-state index contributed by atoms with van der Waals surface area (Å²) in [5.74, 6) is 1.98. The average Bonchev–Trinajstić information content (AvgIpc) is 4.05. The van der Waals surface area contributed by atoms with Gasteiger partial charge in [-0.1, -0.05) is 218 Å². The van der Waals surface area contributed by atoms with Gasteiger partial charge in [0.2, 0.25) is 0 Å². The number of benzene rings is 3. The van der Waals surface area contributed by atoms with Gasteiger partial charge >= 0.3 is 37.7 Å². The van der Waals surface area contributed by atoms with Gasteiger partial charge in [0.15, 0.2) is 0 Å². The Morgan fingerprint density at radius 3 is 1.34 bits per heavy atom. The molecule has 4 heteroatoms. The van der Waals surface area contributed by atoms with Gasteiger partial charge < -0.3 is 16.3 Å². The van der Waals surface area contributed by atoms with Crippen LogP contribution in [0.25, 0.3) is 6.08 Å². The van der Waals surface area contributed by atoms with E-state index in [2.05, 4.69) is 210 Å². The molecule has 1 N–H and O–H groups in total. The van der Waals surface area contributed by atoms with E-state index in [1.165, 1.54) is 71.9 Å². The maximum absolute atomic E-state index is 10.1. The Morgan fingerprint density at radius 1 is 0.661 bits per heavy atom. The van der Waals surface area contributed by atoms with Crippen LogP contribution in [0.2, 0.25) is 0 Å². The maximum Gasteiger partial charge on any atom is 1.00 e. The number of aliphatic hydroxyl groups is 1. The van der Waals surface area contributed by atoms with E-state index in [0.717, 1.165) is 25.4 Å². The van der Waals surface area contributed by atoms with Crippen LogP contribution in [0, 0.1) is 24.7 Å². The summed E-state index contributed by atoms with van der Waals surface area (Å²) >= 11 is 0. The number of unbranched alkanes of at least 4 members (excludes halogenated alkanes) is 1. The number of epoxide rings is 1. The first-order valence-electron chi connectivity index (χ1n) is 22.9. The topological polar surface area (TPSA) is 32.8 Å². The first-order valence-corrected chi connectivity index (χ1v) is 22.9. The van der Waals surface area contributed by atoms with Crippen LogP contribution in [-0.4, -0.2) is 23.9 Å². The Hall–Kier alpha value is -1.62. The third-order valence-corrected chi connectivity index (χ3v) is 11.2. The summed E-state index contributed by atoms with van der Waals surface area (Å²) in [6, 6.07) is 26.6. The fraction of sp³-hybridized carbons (Fsp3) is 0.621. The third-order valence-electron chi connectivity index (χ3n) is 11.2. The van der Waals surface area contributed by atoms with Gasteiger partial charge in [-0.3, -0.25) is 0 Å². The molecule has 0 radical (unpaired) electrons. The molecule has 0 aliphatic carbocycles. The third kappa shape index (κ3) is 32.1. The Bertz CT molecular complexity index is 1420. The van der Waals surface area contributed by atoms with Crippen molar-refractivity contribution in [1.29, 1.82) is 0 Å². The molecule has 1 fully saturated rings. The van der Waals surface area contributed by atoms with Crippen LogP contribution in [0.15, 0.2) is 79.4 Å². The summed E-state index contributed by atoms with van der Waals surface area (Å²) in [5, 5.41) is 10.1. The van der Waals surface area contributed by atoms with E-state index in [1.54, 1.807) is 0 Å². The van der Waals surface area contributed by atoms with Crippen LogP contribution in [0.4, 0.5) is 0 Å². The number of hydrogen-bond acceptors (Lipinski definition) is 2. The van der Waals surface area contributed by atoms with Crippen molar-refractivity contribution < 1.29 is 47.6 Å². The second-order valence-electron chi connectivity index (χ2n) is 19.7. The van der Waals surface area contributed by atoms with E-state index in [4.69, 9.17) is 4.74 Å². The molecular weight excluding hydrogens is 743 g/mol. The molecule has 1 aliphatic rings. The van der Waals surface area contributed by atoms with Crippen molar-refractivity contribution in [2.45, 2.75) is 218 Å². The van der Waals surface area contributed by atoms with Gasteiger partial charge in [0.1, 0.15) is 0 Å². The minimum absolute atomic E-state index is 0. The largest absolute Gasteiger partial charge is 1.00 e. The second kappa shape index (κ2) is 36.6. The summed E-state index contributed by atoms with van der Waals surface area (Å²) in [7, 11) is 0. The molecule has 0 amide bonds. The molecule has 4 rings (SSSR count). The monoisotopic (exact) mass is 843 g/mol. The van der Waals surface area contributed by atoms with Crippen molar-refractivity contribution in [1.82, 2.24) is 0 Å². The molecule has 0 bridgehead atoms. The Labute approximate surface area is 413 Å². The Kier molecular flexibility index (Phi) is 41.0. The van der Waals surface area contributed by atoms with Crippen molar-refractivity contribution in [3.63, 3.8) is 0 Å². The standard InChI is InChI=1S/C20H34O.C16H25.C12H16.C4H8O.C4H9.2CH4.2Li/c1-7-15(3)13-17(14-19(21)8-2)16-9-11-18(12-10-16)20(4,5)6;1-6-13(2)7-8-14-9-11-15(12-10-14)16(3,4)5;1-5-10-6-8-11(9-7-10)12(2,3)4;1-2-4-3-5-4;1-3-4-2;;;;/h9-12,15,17,19,21H,7-8,13-14H2,1-6H3;8-13H,6-7H2,1-5H3;5-9H,1H2,2-4H3;4H,2-3H2,1H3;3H,4H2,1-2H3;2*1H4;;/q;-1;;;-1;;;2*+1. The molecule has 0 spiro atoms. The minimum atomic E-state index is -0.179. The summed E-state index contributed by atoms with van der Waals surface area (Å²) < 4.78 is 4.86. The summed E-state index contributed by atoms with van der Waals surface area (Å²) in [6.07, 6.45) is 15.7. The summed E-state index contributed by atoms with van der Waals surface area (Å²) in [4.78, 5) is 0.